The van der Waals surface area contributed by atoms with E-state index in [0.717, 1.165) is 37.1 Å². The highest BCUT2D eigenvalue weighted by Crippen LogP contribution is 2.46. The van der Waals surface area contributed by atoms with E-state index >= 15 is 0 Å². The van der Waals surface area contributed by atoms with Crippen LogP contribution in [0.15, 0.2) is 52.3 Å². The lowest BCUT2D eigenvalue weighted by Crippen LogP contribution is -2.44. The lowest BCUT2D eigenvalue weighted by Gasteiger charge is -2.38. The third kappa shape index (κ3) is 4.06. The van der Waals surface area contributed by atoms with Crippen molar-refractivity contribution in [2.75, 3.05) is 26.2 Å². The van der Waals surface area contributed by atoms with Crippen molar-refractivity contribution in [3.05, 3.63) is 53.6 Å². The molecule has 2 aromatic carbocycles. The number of aliphatic carboxylic acids is 1. The second-order valence-electron chi connectivity index (χ2n) is 7.98. The van der Waals surface area contributed by atoms with Crippen molar-refractivity contribution in [3.63, 3.8) is 0 Å². The van der Waals surface area contributed by atoms with E-state index < -0.39 is 15.8 Å². The second kappa shape index (κ2) is 8.57. The van der Waals surface area contributed by atoms with Gasteiger partial charge in [-0.2, -0.15) is 0 Å². The second-order valence-corrected chi connectivity index (χ2v) is 9.90. The molecule has 2 aliphatic rings. The lowest BCUT2D eigenvalue weighted by atomic mass is 9.74. The Kier molecular flexibility index (Phi) is 6.45. The SMILES string of the molecule is Cc1ccccc1S(=O)(=O)c1ccc2c(c1)OCC21CCN(CCC(=O)O)CC1.Cl. The van der Waals surface area contributed by atoms with Gasteiger partial charge in [0.25, 0.3) is 0 Å². The van der Waals surface area contributed by atoms with E-state index in [4.69, 9.17) is 9.84 Å². The summed E-state index contributed by atoms with van der Waals surface area (Å²) in [5.74, 6) is -0.124. The molecule has 0 aromatic heterocycles. The van der Waals surface area contributed by atoms with Gasteiger partial charge in [-0.15, -0.1) is 12.4 Å². The summed E-state index contributed by atoms with van der Waals surface area (Å²) in [6.07, 6.45) is 1.91. The van der Waals surface area contributed by atoms with Gasteiger partial charge < -0.3 is 14.7 Å². The fourth-order valence-corrected chi connectivity index (χ4v) is 5.89. The van der Waals surface area contributed by atoms with Gasteiger partial charge in [0.05, 0.1) is 22.8 Å². The van der Waals surface area contributed by atoms with Crippen molar-refractivity contribution in [1.29, 1.82) is 0 Å². The zero-order valence-corrected chi connectivity index (χ0v) is 18.5. The van der Waals surface area contributed by atoms with Crippen molar-refractivity contribution in [2.24, 2.45) is 0 Å². The summed E-state index contributed by atoms with van der Waals surface area (Å²) in [6.45, 7) is 4.54. The summed E-state index contributed by atoms with van der Waals surface area (Å²) in [5.41, 5.74) is 1.68. The minimum Gasteiger partial charge on any atom is -0.492 e. The number of nitrogens with zero attached hydrogens (tertiary/aromatic N) is 1. The maximum Gasteiger partial charge on any atom is 0.304 e. The molecule has 0 amide bonds. The molecule has 0 radical (unpaired) electrons. The topological polar surface area (TPSA) is 83.9 Å². The van der Waals surface area contributed by atoms with Crippen molar-refractivity contribution < 1.29 is 23.1 Å². The van der Waals surface area contributed by atoms with Gasteiger partial charge in [0.15, 0.2) is 0 Å². The molecule has 2 aliphatic heterocycles. The van der Waals surface area contributed by atoms with Crippen LogP contribution >= 0.6 is 12.4 Å². The molecule has 4 rings (SSSR count). The molecule has 0 unspecified atom stereocenters. The van der Waals surface area contributed by atoms with Crippen molar-refractivity contribution in [2.45, 2.75) is 41.4 Å². The molecule has 0 atom stereocenters. The molecule has 0 saturated carbocycles. The molecule has 1 spiro atoms. The monoisotopic (exact) mass is 451 g/mol. The zero-order valence-electron chi connectivity index (χ0n) is 16.8. The standard InChI is InChI=1S/C22H25NO5S.ClH/c1-16-4-2-3-5-20(16)29(26,27)17-6-7-18-19(14-17)28-15-22(18)9-12-23(13-10-22)11-8-21(24)25;/h2-7,14H,8-13,15H2,1H3,(H,24,25);1H. The number of hydrogen-bond acceptors (Lipinski definition) is 5. The average molecular weight is 452 g/mol. The third-order valence-corrected chi connectivity index (χ3v) is 8.09. The highest BCUT2D eigenvalue weighted by molar-refractivity contribution is 7.91. The Morgan fingerprint density at radius 1 is 1.17 bits per heavy atom. The first-order chi connectivity index (χ1) is 13.8. The average Bonchev–Trinajstić information content (AvgIpc) is 3.05. The molecule has 30 heavy (non-hydrogen) atoms. The molecule has 1 fully saturated rings. The van der Waals surface area contributed by atoms with E-state index in [2.05, 4.69) is 4.90 Å². The van der Waals surface area contributed by atoms with Crippen molar-refractivity contribution >= 4 is 28.2 Å². The Labute approximate surface area is 183 Å². The maximum atomic E-state index is 13.1. The van der Waals surface area contributed by atoms with Gasteiger partial charge in [-0.1, -0.05) is 24.3 Å². The molecule has 6 nitrogen and oxygen atoms in total. The summed E-state index contributed by atoms with van der Waals surface area (Å²) in [5, 5.41) is 8.87. The third-order valence-electron chi connectivity index (χ3n) is 6.18. The van der Waals surface area contributed by atoms with Crippen LogP contribution in [0.4, 0.5) is 0 Å². The van der Waals surface area contributed by atoms with Crippen molar-refractivity contribution in [3.8, 4) is 5.75 Å². The number of hydrogen-bond donors (Lipinski definition) is 1. The number of fused-ring (bicyclic) bond motifs is 2. The Bertz CT molecular complexity index is 1050. The van der Waals surface area contributed by atoms with Crippen LogP contribution in [0.25, 0.3) is 0 Å². The van der Waals surface area contributed by atoms with E-state index in [-0.39, 0.29) is 29.1 Å². The fourth-order valence-electron chi connectivity index (χ4n) is 4.38. The number of piperidine rings is 1. The Morgan fingerprint density at radius 3 is 2.53 bits per heavy atom. The van der Waals surface area contributed by atoms with Gasteiger partial charge in [-0.3, -0.25) is 4.79 Å². The number of benzene rings is 2. The molecular weight excluding hydrogens is 426 g/mol. The lowest BCUT2D eigenvalue weighted by molar-refractivity contribution is -0.137. The van der Waals surface area contributed by atoms with Crippen LogP contribution in [0, 0.1) is 6.92 Å². The van der Waals surface area contributed by atoms with Crippen LogP contribution in [0.1, 0.15) is 30.4 Å². The molecule has 8 heteroatoms. The molecule has 1 saturated heterocycles. The Hall–Kier alpha value is -2.09. The highest BCUT2D eigenvalue weighted by Gasteiger charge is 2.43. The quantitative estimate of drug-likeness (QED) is 0.749. The number of ether oxygens (including phenoxy) is 1. The molecule has 162 valence electrons. The van der Waals surface area contributed by atoms with E-state index in [9.17, 15) is 13.2 Å². The molecular formula is C22H26ClNO5S. The normalized spacial score (nSPS) is 17.8. The van der Waals surface area contributed by atoms with Gasteiger partial charge in [-0.05, 0) is 56.6 Å². The Balaban J connectivity index is 0.00000256. The van der Waals surface area contributed by atoms with Crippen LogP contribution in [-0.4, -0.2) is 50.6 Å². The molecule has 0 bridgehead atoms. The fraction of sp³-hybridized carbons (Fsp3) is 0.409. The maximum absolute atomic E-state index is 13.1. The van der Waals surface area contributed by atoms with Crippen LogP contribution in [0.5, 0.6) is 5.75 Å². The van der Waals surface area contributed by atoms with Crippen LogP contribution in [0.3, 0.4) is 0 Å². The number of carboxylic acids is 1. The van der Waals surface area contributed by atoms with Gasteiger partial charge >= 0.3 is 5.97 Å². The molecule has 1 N–H and O–H groups in total. The van der Waals surface area contributed by atoms with E-state index in [1.54, 1.807) is 37.3 Å². The highest BCUT2D eigenvalue weighted by atomic mass is 35.5. The summed E-state index contributed by atoms with van der Waals surface area (Å²) in [6, 6.07) is 12.2. The number of rotatable bonds is 5. The number of aryl methyl sites for hydroxylation is 1. The first-order valence-corrected chi connectivity index (χ1v) is 11.3. The summed E-state index contributed by atoms with van der Waals surface area (Å²) >= 11 is 0. The van der Waals surface area contributed by atoms with Crippen LogP contribution < -0.4 is 4.74 Å². The van der Waals surface area contributed by atoms with Crippen molar-refractivity contribution in [1.82, 2.24) is 4.90 Å². The minimum atomic E-state index is -3.60. The number of carboxylic acid groups (broad SMARTS) is 1. The number of sulfone groups is 1. The minimum absolute atomic E-state index is 0. The number of likely N-dealkylation sites (tertiary alicyclic amines) is 1. The first-order valence-electron chi connectivity index (χ1n) is 9.84. The largest absolute Gasteiger partial charge is 0.492 e. The smallest absolute Gasteiger partial charge is 0.304 e. The zero-order chi connectivity index (χ0) is 20.6. The number of halogens is 1. The van der Waals surface area contributed by atoms with E-state index in [1.165, 1.54) is 0 Å². The predicted molar refractivity (Wildman–Crippen MR) is 115 cm³/mol. The van der Waals surface area contributed by atoms with Crippen LogP contribution in [0.2, 0.25) is 0 Å². The molecule has 0 aliphatic carbocycles. The predicted octanol–water partition coefficient (Wildman–Crippen LogP) is 3.45. The summed E-state index contributed by atoms with van der Waals surface area (Å²) in [7, 11) is -3.60. The first kappa shape index (κ1) is 22.6. The summed E-state index contributed by atoms with van der Waals surface area (Å²) in [4.78, 5) is 13.5. The summed E-state index contributed by atoms with van der Waals surface area (Å²) < 4.78 is 32.1. The van der Waals surface area contributed by atoms with E-state index in [0.29, 0.717) is 23.8 Å². The molecule has 2 heterocycles. The van der Waals surface area contributed by atoms with Gasteiger partial charge in [0.2, 0.25) is 9.84 Å². The van der Waals surface area contributed by atoms with E-state index in [1.807, 2.05) is 12.1 Å². The van der Waals surface area contributed by atoms with Gasteiger partial charge in [-0.25, -0.2) is 8.42 Å². The van der Waals surface area contributed by atoms with Gasteiger partial charge in [0, 0.05) is 17.5 Å². The van der Waals surface area contributed by atoms with Crippen LogP contribution in [-0.2, 0) is 20.0 Å². The molecule has 2 aromatic rings. The Morgan fingerprint density at radius 2 is 1.87 bits per heavy atom. The number of carbonyl (C=O) groups is 1. The van der Waals surface area contributed by atoms with Gasteiger partial charge in [0.1, 0.15) is 5.75 Å².